The Morgan fingerprint density at radius 2 is 2.00 bits per heavy atom. The highest BCUT2D eigenvalue weighted by molar-refractivity contribution is 6.00. The molecule has 0 saturated heterocycles. The number of para-hydroxylation sites is 1. The van der Waals surface area contributed by atoms with E-state index >= 15 is 0 Å². The van der Waals surface area contributed by atoms with E-state index in [9.17, 15) is 9.59 Å². The molecule has 2 N–H and O–H groups in total. The number of carbonyl (C=O) groups is 2. The summed E-state index contributed by atoms with van der Waals surface area (Å²) in [6.45, 7) is 2.42. The van der Waals surface area contributed by atoms with Crippen molar-refractivity contribution in [3.8, 4) is 0 Å². The third-order valence-electron chi connectivity index (χ3n) is 4.11. The maximum Gasteiger partial charge on any atom is 0.340 e. The molecule has 2 amide bonds. The highest BCUT2D eigenvalue weighted by Crippen LogP contribution is 2.25. The van der Waals surface area contributed by atoms with Gasteiger partial charge in [-0.05, 0) is 37.3 Å². The molecular weight excluding hydrogens is 304 g/mol. The van der Waals surface area contributed by atoms with Crippen molar-refractivity contribution in [1.82, 2.24) is 5.32 Å². The summed E-state index contributed by atoms with van der Waals surface area (Å²) < 4.78 is 5.21. The number of hydrogen-bond acceptors (Lipinski definition) is 3. The molecule has 0 spiro atoms. The molecule has 2 rings (SSSR count). The maximum atomic E-state index is 12.1. The fourth-order valence-electron chi connectivity index (χ4n) is 2.73. The number of amides is 2. The number of urea groups is 1. The lowest BCUT2D eigenvalue weighted by molar-refractivity contribution is 0.0501. The first kappa shape index (κ1) is 18.0. The van der Waals surface area contributed by atoms with Crippen LogP contribution in [-0.4, -0.2) is 18.6 Å². The average Bonchev–Trinajstić information content (AvgIpc) is 3.09. The zero-order chi connectivity index (χ0) is 17.2. The van der Waals surface area contributed by atoms with E-state index in [1.807, 2.05) is 13.0 Å². The minimum atomic E-state index is -0.416. The number of ether oxygens (including phenoxy) is 1. The molecule has 0 unspecified atom stereocenters. The van der Waals surface area contributed by atoms with Crippen LogP contribution in [0.2, 0.25) is 0 Å². The fraction of sp³-hybridized carbons (Fsp3) is 0.474. The van der Waals surface area contributed by atoms with E-state index < -0.39 is 5.97 Å². The second kappa shape index (κ2) is 9.75. The van der Waals surface area contributed by atoms with Crippen LogP contribution >= 0.6 is 0 Å². The molecule has 5 heteroatoms. The molecule has 1 aromatic carbocycles. The normalized spacial score (nSPS) is 14.7. The van der Waals surface area contributed by atoms with Crippen LogP contribution < -0.4 is 10.6 Å². The fourth-order valence-corrected chi connectivity index (χ4v) is 2.73. The van der Waals surface area contributed by atoms with E-state index in [1.165, 1.54) is 25.7 Å². The van der Waals surface area contributed by atoms with E-state index in [-0.39, 0.29) is 6.03 Å². The second-order valence-electron chi connectivity index (χ2n) is 6.04. The Balaban J connectivity index is 1.88. The van der Waals surface area contributed by atoms with Gasteiger partial charge in [0, 0.05) is 6.20 Å². The summed E-state index contributed by atoms with van der Waals surface area (Å²) in [6, 6.07) is 6.50. The van der Waals surface area contributed by atoms with Crippen LogP contribution in [0, 0.1) is 5.92 Å². The van der Waals surface area contributed by atoms with Gasteiger partial charge in [-0.2, -0.15) is 0 Å². The van der Waals surface area contributed by atoms with Crippen molar-refractivity contribution in [3.63, 3.8) is 0 Å². The predicted molar refractivity (Wildman–Crippen MR) is 94.9 cm³/mol. The van der Waals surface area contributed by atoms with Crippen molar-refractivity contribution in [2.75, 3.05) is 11.9 Å². The average molecular weight is 330 g/mol. The Morgan fingerprint density at radius 1 is 1.25 bits per heavy atom. The first-order valence-electron chi connectivity index (χ1n) is 8.71. The molecule has 130 valence electrons. The Kier molecular flexibility index (Phi) is 7.33. The highest BCUT2D eigenvalue weighted by atomic mass is 16.5. The SMILES string of the molecule is CCCCOC(=O)c1ccccc1NC(=O)N/C=C/C1CCCC1. The van der Waals surface area contributed by atoms with E-state index in [4.69, 9.17) is 4.74 Å². The minimum Gasteiger partial charge on any atom is -0.462 e. The summed E-state index contributed by atoms with van der Waals surface area (Å²) >= 11 is 0. The first-order valence-corrected chi connectivity index (χ1v) is 8.71. The van der Waals surface area contributed by atoms with Crippen molar-refractivity contribution in [2.24, 2.45) is 5.92 Å². The molecule has 5 nitrogen and oxygen atoms in total. The van der Waals surface area contributed by atoms with Gasteiger partial charge in [0.25, 0.3) is 0 Å². The van der Waals surface area contributed by atoms with Gasteiger partial charge in [0.05, 0.1) is 17.9 Å². The van der Waals surface area contributed by atoms with Crippen LogP contribution in [0.4, 0.5) is 10.5 Å². The number of benzene rings is 1. The monoisotopic (exact) mass is 330 g/mol. The van der Waals surface area contributed by atoms with Crippen LogP contribution in [0.3, 0.4) is 0 Å². The van der Waals surface area contributed by atoms with E-state index in [0.717, 1.165) is 12.8 Å². The van der Waals surface area contributed by atoms with Gasteiger partial charge in [0.2, 0.25) is 0 Å². The molecular formula is C19H26N2O3. The van der Waals surface area contributed by atoms with Gasteiger partial charge in [-0.3, -0.25) is 0 Å². The first-order chi connectivity index (χ1) is 11.7. The molecule has 1 saturated carbocycles. The molecule has 1 fully saturated rings. The molecule has 0 bridgehead atoms. The quantitative estimate of drug-likeness (QED) is 0.572. The van der Waals surface area contributed by atoms with E-state index in [1.54, 1.807) is 30.5 Å². The zero-order valence-corrected chi connectivity index (χ0v) is 14.2. The van der Waals surface area contributed by atoms with Gasteiger partial charge in [0.1, 0.15) is 0 Å². The lowest BCUT2D eigenvalue weighted by Crippen LogP contribution is -2.25. The summed E-state index contributed by atoms with van der Waals surface area (Å²) in [5, 5.41) is 5.40. The standard InChI is InChI=1S/C19H26N2O3/c1-2-3-14-24-18(22)16-10-6-7-11-17(16)21-19(23)20-13-12-15-8-4-5-9-15/h6-7,10-13,15H,2-5,8-9,14H2,1H3,(H2,20,21,23)/b13-12+. The molecule has 0 atom stereocenters. The van der Waals surface area contributed by atoms with Crippen molar-refractivity contribution < 1.29 is 14.3 Å². The topological polar surface area (TPSA) is 67.4 Å². The molecule has 24 heavy (non-hydrogen) atoms. The molecule has 0 heterocycles. The Labute approximate surface area is 143 Å². The third-order valence-corrected chi connectivity index (χ3v) is 4.11. The highest BCUT2D eigenvalue weighted by Gasteiger charge is 2.14. The number of carbonyl (C=O) groups excluding carboxylic acids is 2. The van der Waals surface area contributed by atoms with Crippen molar-refractivity contribution in [2.45, 2.75) is 45.4 Å². The number of unbranched alkanes of at least 4 members (excludes halogenated alkanes) is 1. The van der Waals surface area contributed by atoms with Crippen molar-refractivity contribution in [1.29, 1.82) is 0 Å². The summed E-state index contributed by atoms with van der Waals surface area (Å²) in [7, 11) is 0. The van der Waals surface area contributed by atoms with Gasteiger partial charge in [-0.1, -0.05) is 44.4 Å². The predicted octanol–water partition coefficient (Wildman–Crippen LogP) is 4.47. The third kappa shape index (κ3) is 5.72. The van der Waals surface area contributed by atoms with Gasteiger partial charge >= 0.3 is 12.0 Å². The second-order valence-corrected chi connectivity index (χ2v) is 6.04. The lowest BCUT2D eigenvalue weighted by Gasteiger charge is -2.10. The number of hydrogen-bond donors (Lipinski definition) is 2. The number of esters is 1. The summed E-state index contributed by atoms with van der Waals surface area (Å²) in [6.07, 6.45) is 10.4. The van der Waals surface area contributed by atoms with Gasteiger partial charge in [-0.15, -0.1) is 0 Å². The Bertz CT molecular complexity index is 578. The summed E-state index contributed by atoms with van der Waals surface area (Å²) in [5.41, 5.74) is 0.814. The van der Waals surface area contributed by atoms with Crippen molar-refractivity contribution in [3.05, 3.63) is 42.1 Å². The van der Waals surface area contributed by atoms with E-state index in [0.29, 0.717) is 23.8 Å². The van der Waals surface area contributed by atoms with E-state index in [2.05, 4.69) is 10.6 Å². The van der Waals surface area contributed by atoms with Crippen molar-refractivity contribution >= 4 is 17.7 Å². The lowest BCUT2D eigenvalue weighted by atomic mass is 10.1. The maximum absolute atomic E-state index is 12.1. The number of rotatable bonds is 7. The Hall–Kier alpha value is -2.30. The summed E-state index contributed by atoms with van der Waals surface area (Å²) in [4.78, 5) is 24.1. The molecule has 0 radical (unpaired) electrons. The Morgan fingerprint density at radius 3 is 2.75 bits per heavy atom. The molecule has 1 aromatic rings. The van der Waals surface area contributed by atoms with Gasteiger partial charge in [-0.25, -0.2) is 9.59 Å². The van der Waals surface area contributed by atoms with Crippen LogP contribution in [-0.2, 0) is 4.74 Å². The van der Waals surface area contributed by atoms with Crippen LogP contribution in [0.5, 0.6) is 0 Å². The van der Waals surface area contributed by atoms with Crippen LogP contribution in [0.15, 0.2) is 36.5 Å². The minimum absolute atomic E-state index is 0.363. The number of anilines is 1. The molecule has 1 aliphatic carbocycles. The summed E-state index contributed by atoms with van der Waals surface area (Å²) in [5.74, 6) is 0.145. The van der Waals surface area contributed by atoms with Gasteiger partial charge < -0.3 is 15.4 Å². The van der Waals surface area contributed by atoms with Crippen LogP contribution in [0.25, 0.3) is 0 Å². The number of allylic oxidation sites excluding steroid dienone is 1. The molecule has 0 aromatic heterocycles. The largest absolute Gasteiger partial charge is 0.462 e. The number of nitrogens with one attached hydrogen (secondary N) is 2. The van der Waals surface area contributed by atoms with Gasteiger partial charge in [0.15, 0.2) is 0 Å². The molecule has 0 aliphatic heterocycles. The van der Waals surface area contributed by atoms with Crippen LogP contribution in [0.1, 0.15) is 55.8 Å². The smallest absolute Gasteiger partial charge is 0.340 e. The zero-order valence-electron chi connectivity index (χ0n) is 14.2. The molecule has 1 aliphatic rings.